The van der Waals surface area contributed by atoms with E-state index in [-0.39, 0.29) is 5.97 Å². The van der Waals surface area contributed by atoms with Crippen molar-refractivity contribution < 1.29 is 9.53 Å². The van der Waals surface area contributed by atoms with Crippen molar-refractivity contribution in [3.63, 3.8) is 0 Å². The van der Waals surface area contributed by atoms with E-state index in [1.54, 1.807) is 0 Å². The number of carbonyl (C=O) groups is 1. The molecule has 3 nitrogen and oxygen atoms in total. The van der Waals surface area contributed by atoms with Crippen molar-refractivity contribution in [1.29, 1.82) is 0 Å². The average molecular weight is 227 g/mol. The largest absolute Gasteiger partial charge is 0.449 e. The van der Waals surface area contributed by atoms with Gasteiger partial charge in [0.05, 0.1) is 6.42 Å². The van der Waals surface area contributed by atoms with E-state index in [2.05, 4.69) is 27.6 Å². The van der Waals surface area contributed by atoms with Gasteiger partial charge in [0.25, 0.3) is 0 Å². The molecule has 0 amide bonds. The Hall–Kier alpha value is 0.160. The molecule has 0 aromatic carbocycles. The Morgan fingerprint density at radius 3 is 2.88 bits per heavy atom. The molecule has 1 aliphatic heterocycles. The van der Waals surface area contributed by atoms with Crippen molar-refractivity contribution in [2.24, 2.45) is 0 Å². The Kier molecular flexibility index (Phi) is 2.07. The number of carbonyl (C=O) groups excluding carboxylic acids is 1. The van der Waals surface area contributed by atoms with Crippen LogP contribution in [0.15, 0.2) is 0 Å². The van der Waals surface area contributed by atoms with E-state index in [0.717, 1.165) is 6.54 Å². The number of rotatable bonds is 0. The van der Waals surface area contributed by atoms with Gasteiger partial charge in [0.2, 0.25) is 0 Å². The Morgan fingerprint density at radius 1 is 1.75 bits per heavy atom. The summed E-state index contributed by atoms with van der Waals surface area (Å²) in [6.07, 6.45) is 0.531. The fourth-order valence-corrected chi connectivity index (χ4v) is 0.872. The summed E-state index contributed by atoms with van der Waals surface area (Å²) in [5.41, 5.74) is 0. The lowest BCUT2D eigenvalue weighted by Gasteiger charge is -2.18. The van der Waals surface area contributed by atoms with Gasteiger partial charge in [0.1, 0.15) is 0 Å². The lowest BCUT2D eigenvalue weighted by Crippen LogP contribution is -2.27. The third kappa shape index (κ3) is 1.59. The fraction of sp³-hybridized carbons (Fsp3) is 0.750. The van der Waals surface area contributed by atoms with Crippen LogP contribution in [0.5, 0.6) is 0 Å². The highest BCUT2D eigenvalue weighted by atomic mass is 127. The predicted octanol–water partition coefficient (Wildman–Crippen LogP) is 0.543. The van der Waals surface area contributed by atoms with Crippen LogP contribution in [0.2, 0.25) is 0 Å². The number of cyclic esters (lactones) is 1. The highest BCUT2D eigenvalue weighted by Crippen LogP contribution is 2.06. The molecule has 0 radical (unpaired) electrons. The van der Waals surface area contributed by atoms with E-state index < -0.39 is 0 Å². The first kappa shape index (κ1) is 6.28. The molecule has 0 unspecified atom stereocenters. The lowest BCUT2D eigenvalue weighted by molar-refractivity contribution is -0.150. The highest BCUT2D eigenvalue weighted by Gasteiger charge is 2.13. The topological polar surface area (TPSA) is 29.5 Å². The molecule has 1 saturated heterocycles. The van der Waals surface area contributed by atoms with E-state index in [4.69, 9.17) is 0 Å². The zero-order valence-electron chi connectivity index (χ0n) is 4.26. The van der Waals surface area contributed by atoms with Gasteiger partial charge in [-0.05, 0) is 0 Å². The standard InChI is InChI=1S/C4H6INO2/c5-6-2-1-4(7)8-3-6/h1-3H2. The first-order chi connectivity index (χ1) is 3.79. The van der Waals surface area contributed by atoms with Crippen LogP contribution in [0.25, 0.3) is 0 Å². The van der Waals surface area contributed by atoms with Crippen LogP contribution in [-0.4, -0.2) is 22.4 Å². The maximum absolute atomic E-state index is 10.4. The summed E-state index contributed by atoms with van der Waals surface area (Å²) in [5.74, 6) is -0.0853. The molecule has 8 heavy (non-hydrogen) atoms. The molecule has 1 aliphatic rings. The number of hydrogen-bond donors (Lipinski definition) is 0. The number of hydrogen-bond acceptors (Lipinski definition) is 3. The molecule has 1 fully saturated rings. The van der Waals surface area contributed by atoms with Gasteiger partial charge in [-0.2, -0.15) is 0 Å². The van der Waals surface area contributed by atoms with E-state index in [1.807, 2.05) is 3.11 Å². The molecule has 0 saturated carbocycles. The van der Waals surface area contributed by atoms with E-state index in [0.29, 0.717) is 13.2 Å². The zero-order valence-corrected chi connectivity index (χ0v) is 6.42. The van der Waals surface area contributed by atoms with Crippen LogP contribution < -0.4 is 0 Å². The maximum Gasteiger partial charge on any atom is 0.308 e. The van der Waals surface area contributed by atoms with Gasteiger partial charge in [-0.1, -0.05) is 0 Å². The summed E-state index contributed by atoms with van der Waals surface area (Å²) in [4.78, 5) is 10.4. The van der Waals surface area contributed by atoms with Crippen molar-refractivity contribution in [2.45, 2.75) is 6.42 Å². The molecule has 0 bridgehead atoms. The molecule has 1 rings (SSSR count). The van der Waals surface area contributed by atoms with Gasteiger partial charge < -0.3 is 4.74 Å². The van der Waals surface area contributed by atoms with Crippen molar-refractivity contribution in [3.05, 3.63) is 0 Å². The third-order valence-electron chi connectivity index (χ3n) is 0.924. The van der Waals surface area contributed by atoms with Crippen molar-refractivity contribution >= 4 is 28.8 Å². The van der Waals surface area contributed by atoms with Crippen LogP contribution >= 0.6 is 22.9 Å². The first-order valence-electron chi connectivity index (χ1n) is 2.35. The number of nitrogens with zero attached hydrogens (tertiary/aromatic N) is 1. The molecular weight excluding hydrogens is 221 g/mol. The molecule has 4 heteroatoms. The summed E-state index contributed by atoms with van der Waals surface area (Å²) in [6.45, 7) is 1.26. The zero-order chi connectivity index (χ0) is 5.98. The van der Waals surface area contributed by atoms with Crippen LogP contribution in [0.1, 0.15) is 6.42 Å². The summed E-state index contributed by atoms with van der Waals surface area (Å²) >= 11 is 2.12. The second kappa shape index (κ2) is 2.63. The quantitative estimate of drug-likeness (QED) is 0.343. The molecular formula is C4H6INO2. The van der Waals surface area contributed by atoms with E-state index in [1.165, 1.54) is 0 Å². The molecule has 1 heterocycles. The van der Waals surface area contributed by atoms with Gasteiger partial charge in [0.15, 0.2) is 6.73 Å². The van der Waals surface area contributed by atoms with E-state index >= 15 is 0 Å². The summed E-state index contributed by atoms with van der Waals surface area (Å²) in [5, 5.41) is 0. The van der Waals surface area contributed by atoms with E-state index in [9.17, 15) is 4.79 Å². The van der Waals surface area contributed by atoms with Crippen LogP contribution in [-0.2, 0) is 9.53 Å². The van der Waals surface area contributed by atoms with Crippen LogP contribution in [0.3, 0.4) is 0 Å². The second-order valence-electron chi connectivity index (χ2n) is 1.58. The molecule has 0 atom stereocenters. The predicted molar refractivity (Wildman–Crippen MR) is 36.3 cm³/mol. The van der Waals surface area contributed by atoms with Gasteiger partial charge in [-0.3, -0.25) is 4.79 Å². The Bertz CT molecular complexity index is 96.2. The third-order valence-corrected chi connectivity index (χ3v) is 1.69. The molecule has 0 N–H and O–H groups in total. The Morgan fingerprint density at radius 2 is 2.50 bits per heavy atom. The van der Waals surface area contributed by atoms with Crippen molar-refractivity contribution in [1.82, 2.24) is 3.11 Å². The van der Waals surface area contributed by atoms with Gasteiger partial charge in [0, 0.05) is 29.4 Å². The first-order valence-corrected chi connectivity index (χ1v) is 3.32. The van der Waals surface area contributed by atoms with Gasteiger partial charge in [-0.15, -0.1) is 0 Å². The minimum Gasteiger partial charge on any atom is -0.449 e. The van der Waals surface area contributed by atoms with Crippen molar-refractivity contribution in [2.75, 3.05) is 13.3 Å². The molecule has 0 aromatic heterocycles. The number of esters is 1. The summed E-state index contributed by atoms with van der Waals surface area (Å²) in [7, 11) is 0. The number of ether oxygens (including phenoxy) is 1. The second-order valence-corrected chi connectivity index (χ2v) is 2.95. The Balaban J connectivity index is 2.29. The fourth-order valence-electron chi connectivity index (χ4n) is 0.491. The number of halogens is 1. The SMILES string of the molecule is O=C1CCN(I)CO1. The molecule has 0 spiro atoms. The molecule has 0 aliphatic carbocycles. The van der Waals surface area contributed by atoms with Gasteiger partial charge >= 0.3 is 5.97 Å². The Labute approximate surface area is 61.5 Å². The maximum atomic E-state index is 10.4. The van der Waals surface area contributed by atoms with Crippen molar-refractivity contribution in [3.8, 4) is 0 Å². The van der Waals surface area contributed by atoms with Crippen LogP contribution in [0.4, 0.5) is 0 Å². The normalized spacial score (nSPS) is 22.9. The summed E-state index contributed by atoms with van der Waals surface area (Å²) in [6, 6.07) is 0. The van der Waals surface area contributed by atoms with Crippen LogP contribution in [0, 0.1) is 0 Å². The summed E-state index contributed by atoms with van der Waals surface area (Å²) < 4.78 is 6.60. The van der Waals surface area contributed by atoms with Gasteiger partial charge in [-0.25, -0.2) is 3.11 Å². The lowest BCUT2D eigenvalue weighted by atomic mass is 10.4. The molecule has 46 valence electrons. The smallest absolute Gasteiger partial charge is 0.308 e. The minimum absolute atomic E-state index is 0.0853. The average Bonchev–Trinajstić information content (AvgIpc) is 1.77. The molecule has 0 aromatic rings. The highest BCUT2D eigenvalue weighted by molar-refractivity contribution is 14.1. The minimum atomic E-state index is -0.0853. The monoisotopic (exact) mass is 227 g/mol.